The van der Waals surface area contributed by atoms with Gasteiger partial charge in [0.25, 0.3) is 0 Å². The van der Waals surface area contributed by atoms with Gasteiger partial charge in [0.15, 0.2) is 0 Å². The molecule has 0 bridgehead atoms. The highest BCUT2D eigenvalue weighted by atomic mass is 16.1. The van der Waals surface area contributed by atoms with E-state index in [0.29, 0.717) is 6.42 Å². The standard InChI is InChI=1S/C13H17NO/c1-2-10-6-8-11(9-7-10)12-4-3-5-13(15)14-12/h6-9,12H,2-5H2,1H3,(H,14,15). The summed E-state index contributed by atoms with van der Waals surface area (Å²) in [5.41, 5.74) is 2.58. The molecule has 80 valence electrons. The second kappa shape index (κ2) is 4.47. The number of amides is 1. The fourth-order valence-electron chi connectivity index (χ4n) is 2.04. The first-order valence-corrected chi connectivity index (χ1v) is 5.68. The van der Waals surface area contributed by atoms with Gasteiger partial charge < -0.3 is 5.32 Å². The van der Waals surface area contributed by atoms with Gasteiger partial charge in [-0.15, -0.1) is 0 Å². The third kappa shape index (κ3) is 2.38. The number of rotatable bonds is 2. The lowest BCUT2D eigenvalue weighted by atomic mass is 9.96. The van der Waals surface area contributed by atoms with Crippen LogP contribution in [0.15, 0.2) is 24.3 Å². The van der Waals surface area contributed by atoms with Gasteiger partial charge in [0.05, 0.1) is 6.04 Å². The lowest BCUT2D eigenvalue weighted by Gasteiger charge is -2.23. The van der Waals surface area contributed by atoms with Crippen molar-refractivity contribution >= 4 is 5.91 Å². The van der Waals surface area contributed by atoms with Crippen molar-refractivity contribution in [1.82, 2.24) is 5.32 Å². The number of benzene rings is 1. The van der Waals surface area contributed by atoms with Crippen LogP contribution in [-0.4, -0.2) is 5.91 Å². The van der Waals surface area contributed by atoms with E-state index in [1.807, 2.05) is 0 Å². The highest BCUT2D eigenvalue weighted by Gasteiger charge is 2.19. The highest BCUT2D eigenvalue weighted by molar-refractivity contribution is 5.77. The molecule has 0 spiro atoms. The van der Waals surface area contributed by atoms with Gasteiger partial charge in [-0.2, -0.15) is 0 Å². The van der Waals surface area contributed by atoms with Gasteiger partial charge in [0.2, 0.25) is 5.91 Å². The van der Waals surface area contributed by atoms with E-state index in [-0.39, 0.29) is 11.9 Å². The summed E-state index contributed by atoms with van der Waals surface area (Å²) in [5.74, 6) is 0.186. The molecule has 1 saturated heterocycles. The number of hydrogen-bond donors (Lipinski definition) is 1. The topological polar surface area (TPSA) is 29.1 Å². The molecule has 1 heterocycles. The van der Waals surface area contributed by atoms with E-state index in [2.05, 4.69) is 36.5 Å². The Morgan fingerprint density at radius 2 is 2.07 bits per heavy atom. The maximum absolute atomic E-state index is 11.3. The second-order valence-corrected chi connectivity index (χ2v) is 4.11. The Balaban J connectivity index is 2.11. The van der Waals surface area contributed by atoms with Crippen LogP contribution < -0.4 is 5.32 Å². The lowest BCUT2D eigenvalue weighted by molar-refractivity contribution is -0.123. The SMILES string of the molecule is CCc1ccc(C2CCCC(=O)N2)cc1. The predicted molar refractivity (Wildman–Crippen MR) is 60.6 cm³/mol. The van der Waals surface area contributed by atoms with Crippen LogP contribution >= 0.6 is 0 Å². The summed E-state index contributed by atoms with van der Waals surface area (Å²) >= 11 is 0. The van der Waals surface area contributed by atoms with E-state index in [1.165, 1.54) is 11.1 Å². The Hall–Kier alpha value is -1.31. The van der Waals surface area contributed by atoms with E-state index < -0.39 is 0 Å². The van der Waals surface area contributed by atoms with Crippen LogP contribution in [0, 0.1) is 0 Å². The fraction of sp³-hybridized carbons (Fsp3) is 0.462. The molecule has 1 aliphatic rings. The van der Waals surface area contributed by atoms with Crippen LogP contribution in [0.3, 0.4) is 0 Å². The number of nitrogens with one attached hydrogen (secondary N) is 1. The molecule has 1 N–H and O–H groups in total. The zero-order valence-electron chi connectivity index (χ0n) is 9.12. The molecule has 1 unspecified atom stereocenters. The largest absolute Gasteiger partial charge is 0.349 e. The average molecular weight is 203 g/mol. The van der Waals surface area contributed by atoms with Gasteiger partial charge in [-0.1, -0.05) is 31.2 Å². The average Bonchev–Trinajstić information content (AvgIpc) is 2.29. The first-order chi connectivity index (χ1) is 7.29. The van der Waals surface area contributed by atoms with Gasteiger partial charge in [-0.25, -0.2) is 0 Å². The van der Waals surface area contributed by atoms with E-state index in [0.717, 1.165) is 19.3 Å². The van der Waals surface area contributed by atoms with E-state index >= 15 is 0 Å². The van der Waals surface area contributed by atoms with Crippen molar-refractivity contribution in [3.63, 3.8) is 0 Å². The van der Waals surface area contributed by atoms with E-state index in [1.54, 1.807) is 0 Å². The normalized spacial score (nSPS) is 21.1. The van der Waals surface area contributed by atoms with Crippen molar-refractivity contribution in [3.8, 4) is 0 Å². The molecule has 15 heavy (non-hydrogen) atoms. The zero-order chi connectivity index (χ0) is 10.7. The predicted octanol–water partition coefficient (Wildman–Crippen LogP) is 2.59. The van der Waals surface area contributed by atoms with Gasteiger partial charge in [-0.3, -0.25) is 4.79 Å². The summed E-state index contributed by atoms with van der Waals surface area (Å²) in [7, 11) is 0. The van der Waals surface area contributed by atoms with Crippen LogP contribution in [0.5, 0.6) is 0 Å². The molecule has 0 radical (unpaired) electrons. The molecule has 1 atom stereocenters. The number of aryl methyl sites for hydroxylation is 1. The number of hydrogen-bond acceptors (Lipinski definition) is 1. The maximum atomic E-state index is 11.3. The van der Waals surface area contributed by atoms with Crippen LogP contribution in [-0.2, 0) is 11.2 Å². The zero-order valence-corrected chi connectivity index (χ0v) is 9.12. The minimum absolute atomic E-state index is 0.186. The van der Waals surface area contributed by atoms with Gasteiger partial charge in [-0.05, 0) is 30.4 Å². The molecular weight excluding hydrogens is 186 g/mol. The molecule has 1 fully saturated rings. The second-order valence-electron chi connectivity index (χ2n) is 4.11. The molecule has 0 aromatic heterocycles. The van der Waals surface area contributed by atoms with Crippen molar-refractivity contribution < 1.29 is 4.79 Å². The summed E-state index contributed by atoms with van der Waals surface area (Å²) in [6, 6.07) is 8.80. The van der Waals surface area contributed by atoms with E-state index in [4.69, 9.17) is 0 Å². The Morgan fingerprint density at radius 1 is 1.33 bits per heavy atom. The number of carbonyl (C=O) groups is 1. The third-order valence-electron chi connectivity index (χ3n) is 3.02. The third-order valence-corrected chi connectivity index (χ3v) is 3.02. The number of piperidine rings is 1. The van der Waals surface area contributed by atoms with Gasteiger partial charge in [0.1, 0.15) is 0 Å². The summed E-state index contributed by atoms with van der Waals surface area (Å²) < 4.78 is 0. The molecule has 0 saturated carbocycles. The Morgan fingerprint density at radius 3 is 2.67 bits per heavy atom. The van der Waals surface area contributed by atoms with Crippen molar-refractivity contribution in [1.29, 1.82) is 0 Å². The van der Waals surface area contributed by atoms with Gasteiger partial charge >= 0.3 is 0 Å². The summed E-state index contributed by atoms with van der Waals surface area (Å²) in [6.07, 6.45) is 3.82. The van der Waals surface area contributed by atoms with Crippen LogP contribution in [0.2, 0.25) is 0 Å². The molecular formula is C13H17NO. The molecule has 1 aliphatic heterocycles. The van der Waals surface area contributed by atoms with Crippen molar-refractivity contribution in [2.45, 2.75) is 38.6 Å². The molecule has 2 heteroatoms. The maximum Gasteiger partial charge on any atom is 0.220 e. The Labute approximate surface area is 90.7 Å². The van der Waals surface area contributed by atoms with Crippen molar-refractivity contribution in [2.24, 2.45) is 0 Å². The van der Waals surface area contributed by atoms with Crippen LogP contribution in [0.1, 0.15) is 43.4 Å². The number of carbonyl (C=O) groups excluding carboxylic acids is 1. The Kier molecular flexibility index (Phi) is 3.05. The van der Waals surface area contributed by atoms with Crippen molar-refractivity contribution in [3.05, 3.63) is 35.4 Å². The quantitative estimate of drug-likeness (QED) is 0.786. The van der Waals surface area contributed by atoms with Gasteiger partial charge in [0, 0.05) is 6.42 Å². The highest BCUT2D eigenvalue weighted by Crippen LogP contribution is 2.23. The molecule has 0 aliphatic carbocycles. The first kappa shape index (κ1) is 10.2. The molecule has 2 rings (SSSR count). The van der Waals surface area contributed by atoms with Crippen molar-refractivity contribution in [2.75, 3.05) is 0 Å². The minimum atomic E-state index is 0.186. The minimum Gasteiger partial charge on any atom is -0.349 e. The van der Waals surface area contributed by atoms with Crippen LogP contribution in [0.25, 0.3) is 0 Å². The summed E-state index contributed by atoms with van der Waals surface area (Å²) in [6.45, 7) is 2.15. The monoisotopic (exact) mass is 203 g/mol. The van der Waals surface area contributed by atoms with E-state index in [9.17, 15) is 4.79 Å². The smallest absolute Gasteiger partial charge is 0.220 e. The first-order valence-electron chi connectivity index (χ1n) is 5.68. The molecule has 2 nitrogen and oxygen atoms in total. The molecule has 1 aromatic carbocycles. The summed E-state index contributed by atoms with van der Waals surface area (Å²) in [4.78, 5) is 11.3. The molecule has 1 aromatic rings. The Bertz CT molecular complexity index is 342. The lowest BCUT2D eigenvalue weighted by Crippen LogP contribution is -2.32. The summed E-state index contributed by atoms with van der Waals surface area (Å²) in [5, 5.41) is 3.03. The fourth-order valence-corrected chi connectivity index (χ4v) is 2.04. The molecule has 1 amide bonds. The van der Waals surface area contributed by atoms with Crippen LogP contribution in [0.4, 0.5) is 0 Å².